The van der Waals surface area contributed by atoms with E-state index in [9.17, 15) is 48.3 Å². The highest BCUT2D eigenvalue weighted by atomic mass is 16.3. The predicted molar refractivity (Wildman–Crippen MR) is 322 cm³/mol. The topological polar surface area (TPSA) is 383 Å². The Morgan fingerprint density at radius 3 is 1.68 bits per heavy atom. The maximum absolute atomic E-state index is 14.9. The average molecular weight is 1200 g/mol. The molecular formula is C62H83N15O10. The van der Waals surface area contributed by atoms with Crippen LogP contribution in [0, 0.1) is 5.92 Å². The first-order chi connectivity index (χ1) is 42.0. The maximum Gasteiger partial charge on any atom is 0.246 e. The molecule has 2 fully saturated rings. The summed E-state index contributed by atoms with van der Waals surface area (Å²) in [6.07, 6.45) is 10.2. The molecule has 7 rings (SSSR count). The second-order valence-electron chi connectivity index (χ2n) is 22.6. The van der Waals surface area contributed by atoms with Crippen LogP contribution in [-0.2, 0) is 75.3 Å². The number of aromatic nitrogens is 4. The molecule has 0 radical (unpaired) electrons. The van der Waals surface area contributed by atoms with Crippen LogP contribution < -0.4 is 54.0 Å². The van der Waals surface area contributed by atoms with E-state index in [4.69, 9.17) is 11.5 Å². The Balaban J connectivity index is 1.11. The number of benzene rings is 3. The Hall–Kier alpha value is -8.97. The number of amides is 9. The molecule has 0 bridgehead atoms. The van der Waals surface area contributed by atoms with Crippen molar-refractivity contribution in [2.45, 2.75) is 158 Å². The first kappa shape index (κ1) is 65.6. The number of hydrogen-bond acceptors (Lipinski definition) is 14. The minimum Gasteiger partial charge on any atom is -0.508 e. The number of hydrogen-bond donors (Lipinski definition) is 13. The fraction of sp³-hybridized carbons (Fsp3) is 0.468. The Morgan fingerprint density at radius 1 is 0.575 bits per heavy atom. The summed E-state index contributed by atoms with van der Waals surface area (Å²) in [6.45, 7) is 4.64. The van der Waals surface area contributed by atoms with Crippen LogP contribution in [0.2, 0.25) is 0 Å². The van der Waals surface area contributed by atoms with Gasteiger partial charge in [-0.25, -0.2) is 9.97 Å². The van der Waals surface area contributed by atoms with Crippen molar-refractivity contribution in [1.29, 1.82) is 0 Å². The SMILES string of the molecule is CC(C)[C@H](NC(=O)[C@@H](CCCc1ccccc1)NC(=O)[C@H](Cc1cnc[nH]1)NC(=O)[C@H](Cc1ccccc1)NC(=O)[C@@H]1CCCN1C(=O)[C@H](Cc1cnc[nH]1)NC(=O)[C@@H]1CCCN1)C(=O)N[C@@H](Cc1ccc(O)cc1)C(=O)N[C@@H](CCCCN)C(N)=O. The molecule has 0 aliphatic carbocycles. The zero-order valence-corrected chi connectivity index (χ0v) is 49.3. The van der Waals surface area contributed by atoms with Crippen LogP contribution in [0.25, 0.3) is 0 Å². The molecule has 15 N–H and O–H groups in total. The van der Waals surface area contributed by atoms with Crippen LogP contribution >= 0.6 is 0 Å². The van der Waals surface area contributed by atoms with Gasteiger partial charge in [-0.05, 0) is 112 Å². The minimum absolute atomic E-state index is 0.0211. The number of nitrogens with zero attached hydrogens (tertiary/aromatic N) is 3. The summed E-state index contributed by atoms with van der Waals surface area (Å²) >= 11 is 0. The van der Waals surface area contributed by atoms with Gasteiger partial charge in [0.25, 0.3) is 0 Å². The number of aromatic amines is 2. The number of primary amides is 1. The molecule has 0 spiro atoms. The molecule has 25 heteroatoms. The van der Waals surface area contributed by atoms with E-state index in [0.717, 1.165) is 12.0 Å². The van der Waals surface area contributed by atoms with E-state index in [1.54, 1.807) is 62.5 Å². The number of likely N-dealkylation sites (tertiary alicyclic amines) is 1. The number of aryl methyl sites for hydroxylation is 1. The second kappa shape index (κ2) is 33.1. The van der Waals surface area contributed by atoms with Crippen molar-refractivity contribution in [3.8, 4) is 5.75 Å². The third-order valence-corrected chi connectivity index (χ3v) is 15.6. The van der Waals surface area contributed by atoms with Crippen LogP contribution in [0.4, 0.5) is 0 Å². The monoisotopic (exact) mass is 1200 g/mol. The Bertz CT molecular complexity index is 3030. The van der Waals surface area contributed by atoms with Crippen molar-refractivity contribution >= 4 is 53.2 Å². The lowest BCUT2D eigenvalue weighted by molar-refractivity contribution is -0.142. The van der Waals surface area contributed by atoms with Crippen molar-refractivity contribution < 1.29 is 48.3 Å². The predicted octanol–water partition coefficient (Wildman–Crippen LogP) is 0.539. The van der Waals surface area contributed by atoms with Crippen LogP contribution in [-0.4, -0.2) is 157 Å². The quantitative estimate of drug-likeness (QED) is 0.0255. The van der Waals surface area contributed by atoms with Gasteiger partial charge in [0.15, 0.2) is 0 Å². The van der Waals surface area contributed by atoms with E-state index in [1.165, 1.54) is 35.9 Å². The van der Waals surface area contributed by atoms with Crippen LogP contribution in [0.15, 0.2) is 110 Å². The lowest BCUT2D eigenvalue weighted by atomic mass is 9.99. The van der Waals surface area contributed by atoms with Gasteiger partial charge in [0, 0.05) is 56.0 Å². The van der Waals surface area contributed by atoms with E-state index in [0.29, 0.717) is 74.1 Å². The van der Waals surface area contributed by atoms with Gasteiger partial charge < -0.3 is 74.0 Å². The highest BCUT2D eigenvalue weighted by Gasteiger charge is 2.41. The van der Waals surface area contributed by atoms with Crippen molar-refractivity contribution in [2.24, 2.45) is 17.4 Å². The summed E-state index contributed by atoms with van der Waals surface area (Å²) in [4.78, 5) is 144. The lowest BCUT2D eigenvalue weighted by Crippen LogP contribution is -2.61. The van der Waals surface area contributed by atoms with Crippen molar-refractivity contribution in [3.63, 3.8) is 0 Å². The summed E-state index contributed by atoms with van der Waals surface area (Å²) in [5, 5.41) is 32.9. The zero-order valence-electron chi connectivity index (χ0n) is 49.3. The molecule has 5 aromatic rings. The second-order valence-corrected chi connectivity index (χ2v) is 22.6. The molecule has 2 aliphatic rings. The number of carbonyl (C=O) groups excluding carboxylic acids is 9. The highest BCUT2D eigenvalue weighted by Crippen LogP contribution is 2.22. The third-order valence-electron chi connectivity index (χ3n) is 15.6. The first-order valence-electron chi connectivity index (χ1n) is 29.9. The summed E-state index contributed by atoms with van der Waals surface area (Å²) in [6, 6.07) is 14.3. The van der Waals surface area contributed by atoms with E-state index in [-0.39, 0.29) is 63.1 Å². The van der Waals surface area contributed by atoms with Gasteiger partial charge in [-0.2, -0.15) is 0 Å². The summed E-state index contributed by atoms with van der Waals surface area (Å²) < 4.78 is 0. The molecule has 2 saturated heterocycles. The van der Waals surface area contributed by atoms with Crippen LogP contribution in [0.5, 0.6) is 5.75 Å². The van der Waals surface area contributed by atoms with Crippen molar-refractivity contribution in [3.05, 3.63) is 138 Å². The Morgan fingerprint density at radius 2 is 1.10 bits per heavy atom. The van der Waals surface area contributed by atoms with Gasteiger partial charge >= 0.3 is 0 Å². The van der Waals surface area contributed by atoms with Crippen LogP contribution in [0.3, 0.4) is 0 Å². The number of nitrogens with two attached hydrogens (primary N) is 2. The van der Waals surface area contributed by atoms with E-state index < -0.39 is 108 Å². The standard InChI is InChI=1S/C62H83N15O10/c1-38(2)53(61(86)74-49(31-41-23-25-44(78)26-24-41)57(82)70-45(54(64)79)19-9-10-27-63)76-56(81)47(20-11-18-39-14-5-3-6-15-39)71-59(84)50(32-42-34-65-36-68-42)72-58(83)48(30-40-16-7-4-8-17-40)73-60(85)52-22-13-29-77(52)62(87)51(33-43-35-66-37-69-43)75-55(80)46-21-12-28-67-46/h3-8,14-17,23-26,34-38,45-53,67,78H,9-13,18-22,27-33,63H2,1-2H3,(H2,64,79)(H,65,68)(H,66,69)(H,70,82)(H,71,84)(H,72,83)(H,73,85)(H,74,86)(H,75,80)(H,76,81)/t45-,46-,47+,48-,49-,50-,51-,52-,53-/m0/s1. The van der Waals surface area contributed by atoms with Gasteiger partial charge in [-0.1, -0.05) is 86.6 Å². The minimum atomic E-state index is -1.38. The number of phenols is 1. The number of H-pyrrole nitrogens is 2. The Labute approximate surface area is 505 Å². The number of nitrogens with one attached hydrogen (secondary N) is 10. The third kappa shape index (κ3) is 20.1. The summed E-state index contributed by atoms with van der Waals surface area (Å²) in [5.74, 6) is -6.53. The van der Waals surface area contributed by atoms with E-state index in [1.807, 2.05) is 30.3 Å². The Kier molecular flexibility index (Phi) is 24.9. The maximum atomic E-state index is 14.9. The molecule has 87 heavy (non-hydrogen) atoms. The first-order valence-corrected chi connectivity index (χ1v) is 29.9. The number of phenolic OH excluding ortho intramolecular Hbond substituents is 1. The van der Waals surface area contributed by atoms with Crippen molar-refractivity contribution in [2.75, 3.05) is 19.6 Å². The molecule has 0 saturated carbocycles. The number of rotatable bonds is 33. The van der Waals surface area contributed by atoms with Gasteiger partial charge in [0.1, 0.15) is 54.1 Å². The van der Waals surface area contributed by atoms with E-state index >= 15 is 0 Å². The average Bonchev–Trinajstić information content (AvgIpc) is 4.60. The molecule has 2 aromatic heterocycles. The largest absolute Gasteiger partial charge is 0.508 e. The molecule has 2 aliphatic heterocycles. The number of carbonyl (C=O) groups is 9. The van der Waals surface area contributed by atoms with Crippen molar-refractivity contribution in [1.82, 2.24) is 67.4 Å². The number of aromatic hydroxyl groups is 1. The van der Waals surface area contributed by atoms with Crippen LogP contribution in [0.1, 0.15) is 99.7 Å². The summed E-state index contributed by atoms with van der Waals surface area (Å²) in [7, 11) is 0. The fourth-order valence-corrected chi connectivity index (χ4v) is 10.8. The van der Waals surface area contributed by atoms with Gasteiger partial charge in [-0.15, -0.1) is 0 Å². The lowest BCUT2D eigenvalue weighted by Gasteiger charge is -2.31. The van der Waals surface area contributed by atoms with E-state index in [2.05, 4.69) is 62.5 Å². The smallest absolute Gasteiger partial charge is 0.246 e. The molecule has 9 atom stereocenters. The molecular weight excluding hydrogens is 1110 g/mol. The number of unbranched alkanes of at least 4 members (excludes halogenated alkanes) is 1. The van der Waals surface area contributed by atoms with Gasteiger partial charge in [-0.3, -0.25) is 43.2 Å². The van der Waals surface area contributed by atoms with Gasteiger partial charge in [0.05, 0.1) is 18.7 Å². The van der Waals surface area contributed by atoms with Gasteiger partial charge in [0.2, 0.25) is 53.2 Å². The molecule has 0 unspecified atom stereocenters. The molecule has 3 aromatic carbocycles. The number of imidazole rings is 2. The molecule has 466 valence electrons. The highest BCUT2D eigenvalue weighted by molar-refractivity contribution is 5.98. The fourth-order valence-electron chi connectivity index (χ4n) is 10.8. The molecule has 9 amide bonds. The summed E-state index contributed by atoms with van der Waals surface area (Å²) in [5.41, 5.74) is 14.6. The zero-order chi connectivity index (χ0) is 62.2. The normalized spacial score (nSPS) is 17.1. The molecule has 4 heterocycles. The molecule has 25 nitrogen and oxygen atoms in total.